The number of nitrogens with zero attached hydrogens (tertiary/aromatic N) is 2. The summed E-state index contributed by atoms with van der Waals surface area (Å²) in [6.45, 7) is 5.55. The summed E-state index contributed by atoms with van der Waals surface area (Å²) in [7, 11) is 0. The Balaban J connectivity index is 3.21. The Morgan fingerprint density at radius 2 is 1.64 bits per heavy atom. The maximum Gasteiger partial charge on any atom is 0.158 e. The molecule has 1 aromatic heterocycles. The third kappa shape index (κ3) is 1.48. The zero-order valence-electron chi connectivity index (χ0n) is 7.05. The van der Waals surface area contributed by atoms with E-state index in [1.54, 1.807) is 13.8 Å². The van der Waals surface area contributed by atoms with E-state index in [1.165, 1.54) is 0 Å². The Labute approximate surface area is 66.1 Å². The van der Waals surface area contributed by atoms with Crippen molar-refractivity contribution in [3.05, 3.63) is 17.2 Å². The molecule has 0 aliphatic heterocycles. The number of aromatic nitrogens is 2. The molecule has 0 unspecified atom stereocenters. The van der Waals surface area contributed by atoms with Crippen molar-refractivity contribution in [3.63, 3.8) is 0 Å². The molecule has 0 aromatic carbocycles. The molecule has 3 nitrogen and oxygen atoms in total. The van der Waals surface area contributed by atoms with Crippen molar-refractivity contribution in [1.29, 1.82) is 0 Å². The molecule has 0 spiro atoms. The zero-order chi connectivity index (χ0) is 8.43. The van der Waals surface area contributed by atoms with Crippen LogP contribution in [0.1, 0.15) is 24.1 Å². The van der Waals surface area contributed by atoms with E-state index >= 15 is 0 Å². The predicted molar refractivity (Wildman–Crippen MR) is 42.5 cm³/mol. The summed E-state index contributed by atoms with van der Waals surface area (Å²) in [6.07, 6.45) is 0.808. The molecule has 0 saturated heterocycles. The SMILES string of the molecule is CCc1nc(C)c(O)c(C)n1. The van der Waals surface area contributed by atoms with E-state index in [0.29, 0.717) is 11.4 Å². The first-order chi connectivity index (χ1) is 5.15. The minimum atomic E-state index is 0.210. The van der Waals surface area contributed by atoms with Gasteiger partial charge in [-0.05, 0) is 13.8 Å². The van der Waals surface area contributed by atoms with Gasteiger partial charge in [0.05, 0.1) is 11.4 Å². The summed E-state index contributed by atoms with van der Waals surface area (Å²) in [5.41, 5.74) is 1.32. The Bertz CT molecular complexity index is 248. The lowest BCUT2D eigenvalue weighted by molar-refractivity contribution is 0.457. The number of hydrogen-bond donors (Lipinski definition) is 1. The monoisotopic (exact) mass is 152 g/mol. The Morgan fingerprint density at radius 3 is 2.00 bits per heavy atom. The van der Waals surface area contributed by atoms with E-state index in [2.05, 4.69) is 9.97 Å². The van der Waals surface area contributed by atoms with Gasteiger partial charge in [0.1, 0.15) is 5.82 Å². The predicted octanol–water partition coefficient (Wildman–Crippen LogP) is 1.36. The van der Waals surface area contributed by atoms with Gasteiger partial charge in [-0.25, -0.2) is 9.97 Å². The van der Waals surface area contributed by atoms with Crippen LogP contribution in [0.5, 0.6) is 5.75 Å². The molecule has 0 aliphatic carbocycles. The maximum absolute atomic E-state index is 9.30. The zero-order valence-corrected chi connectivity index (χ0v) is 7.05. The fourth-order valence-electron chi connectivity index (χ4n) is 0.938. The van der Waals surface area contributed by atoms with Crippen LogP contribution >= 0.6 is 0 Å². The van der Waals surface area contributed by atoms with Gasteiger partial charge in [-0.3, -0.25) is 0 Å². The van der Waals surface area contributed by atoms with E-state index in [4.69, 9.17) is 0 Å². The molecule has 11 heavy (non-hydrogen) atoms. The van der Waals surface area contributed by atoms with Crippen molar-refractivity contribution < 1.29 is 5.11 Å². The number of rotatable bonds is 1. The van der Waals surface area contributed by atoms with Crippen molar-refractivity contribution in [1.82, 2.24) is 9.97 Å². The van der Waals surface area contributed by atoms with Crippen LogP contribution in [0, 0.1) is 13.8 Å². The van der Waals surface area contributed by atoms with Gasteiger partial charge in [-0.2, -0.15) is 0 Å². The highest BCUT2D eigenvalue weighted by molar-refractivity contribution is 5.29. The van der Waals surface area contributed by atoms with E-state index in [1.807, 2.05) is 6.92 Å². The third-order valence-corrected chi connectivity index (χ3v) is 1.60. The first kappa shape index (κ1) is 7.98. The van der Waals surface area contributed by atoms with Crippen LogP contribution in [-0.4, -0.2) is 15.1 Å². The quantitative estimate of drug-likeness (QED) is 0.661. The van der Waals surface area contributed by atoms with Crippen molar-refractivity contribution in [2.45, 2.75) is 27.2 Å². The van der Waals surface area contributed by atoms with Crippen LogP contribution < -0.4 is 0 Å². The molecular formula is C8H12N2O. The molecule has 0 aliphatic rings. The normalized spacial score (nSPS) is 10.1. The van der Waals surface area contributed by atoms with Crippen LogP contribution in [0.15, 0.2) is 0 Å². The summed E-state index contributed by atoms with van der Waals surface area (Å²) in [4.78, 5) is 8.18. The molecule has 1 aromatic rings. The third-order valence-electron chi connectivity index (χ3n) is 1.60. The van der Waals surface area contributed by atoms with Gasteiger partial charge in [0.15, 0.2) is 5.75 Å². The van der Waals surface area contributed by atoms with Gasteiger partial charge >= 0.3 is 0 Å². The van der Waals surface area contributed by atoms with Gasteiger partial charge in [0.2, 0.25) is 0 Å². The number of aromatic hydroxyl groups is 1. The standard InChI is InChI=1S/C8H12N2O/c1-4-7-9-5(2)8(11)6(3)10-7/h11H,4H2,1-3H3. The molecule has 1 heterocycles. The molecular weight excluding hydrogens is 140 g/mol. The van der Waals surface area contributed by atoms with E-state index in [0.717, 1.165) is 12.2 Å². The second-order valence-corrected chi connectivity index (χ2v) is 2.51. The topological polar surface area (TPSA) is 46.0 Å². The van der Waals surface area contributed by atoms with E-state index in [9.17, 15) is 5.11 Å². The maximum atomic E-state index is 9.30. The number of aryl methyl sites for hydroxylation is 3. The summed E-state index contributed by atoms with van der Waals surface area (Å²) < 4.78 is 0. The number of hydrogen-bond acceptors (Lipinski definition) is 3. The molecule has 0 radical (unpaired) electrons. The first-order valence-corrected chi connectivity index (χ1v) is 3.68. The van der Waals surface area contributed by atoms with Gasteiger partial charge in [-0.1, -0.05) is 6.92 Å². The minimum absolute atomic E-state index is 0.210. The molecule has 1 N–H and O–H groups in total. The lowest BCUT2D eigenvalue weighted by atomic mass is 10.3. The smallest absolute Gasteiger partial charge is 0.158 e. The Kier molecular flexibility index (Phi) is 2.08. The largest absolute Gasteiger partial charge is 0.504 e. The fourth-order valence-corrected chi connectivity index (χ4v) is 0.938. The van der Waals surface area contributed by atoms with Gasteiger partial charge in [0.25, 0.3) is 0 Å². The van der Waals surface area contributed by atoms with Crippen molar-refractivity contribution in [2.24, 2.45) is 0 Å². The molecule has 0 bridgehead atoms. The first-order valence-electron chi connectivity index (χ1n) is 3.68. The van der Waals surface area contributed by atoms with E-state index < -0.39 is 0 Å². The minimum Gasteiger partial charge on any atom is -0.504 e. The average molecular weight is 152 g/mol. The average Bonchev–Trinajstić information content (AvgIpc) is 1.99. The fraction of sp³-hybridized carbons (Fsp3) is 0.500. The summed E-state index contributed by atoms with van der Waals surface area (Å²) in [6, 6.07) is 0. The lowest BCUT2D eigenvalue weighted by Crippen LogP contribution is -1.97. The van der Waals surface area contributed by atoms with Crippen molar-refractivity contribution in [3.8, 4) is 5.75 Å². The van der Waals surface area contributed by atoms with Crippen LogP contribution in [0.4, 0.5) is 0 Å². The van der Waals surface area contributed by atoms with E-state index in [-0.39, 0.29) is 5.75 Å². The summed E-state index contributed by atoms with van der Waals surface area (Å²) in [5.74, 6) is 1.00. The summed E-state index contributed by atoms with van der Waals surface area (Å²) >= 11 is 0. The highest BCUT2D eigenvalue weighted by atomic mass is 16.3. The second-order valence-electron chi connectivity index (χ2n) is 2.51. The molecule has 60 valence electrons. The Hall–Kier alpha value is -1.12. The molecule has 0 saturated carbocycles. The van der Waals surface area contributed by atoms with Crippen LogP contribution in [-0.2, 0) is 6.42 Å². The molecule has 0 atom stereocenters. The second kappa shape index (κ2) is 2.86. The van der Waals surface area contributed by atoms with Gasteiger partial charge < -0.3 is 5.11 Å². The van der Waals surface area contributed by atoms with Crippen molar-refractivity contribution >= 4 is 0 Å². The van der Waals surface area contributed by atoms with Crippen molar-refractivity contribution in [2.75, 3.05) is 0 Å². The summed E-state index contributed by atoms with van der Waals surface area (Å²) in [5, 5.41) is 9.30. The van der Waals surface area contributed by atoms with Crippen LogP contribution in [0.2, 0.25) is 0 Å². The molecule has 0 fully saturated rings. The molecule has 0 amide bonds. The Morgan fingerprint density at radius 1 is 1.18 bits per heavy atom. The molecule has 1 rings (SSSR count). The van der Waals surface area contributed by atoms with Crippen LogP contribution in [0.3, 0.4) is 0 Å². The highest BCUT2D eigenvalue weighted by Crippen LogP contribution is 2.16. The van der Waals surface area contributed by atoms with Crippen LogP contribution in [0.25, 0.3) is 0 Å². The molecule has 3 heteroatoms. The van der Waals surface area contributed by atoms with Gasteiger partial charge in [-0.15, -0.1) is 0 Å². The highest BCUT2D eigenvalue weighted by Gasteiger charge is 2.04. The lowest BCUT2D eigenvalue weighted by Gasteiger charge is -2.03. The van der Waals surface area contributed by atoms with Gasteiger partial charge in [0, 0.05) is 6.42 Å².